The lowest BCUT2D eigenvalue weighted by Gasteiger charge is -2.01. The predicted molar refractivity (Wildman–Crippen MR) is 70.6 cm³/mol. The monoisotopic (exact) mass is 237 g/mol. The molecule has 0 aliphatic heterocycles. The molecule has 90 valence electrons. The first-order chi connectivity index (χ1) is 8.75. The molecule has 0 radical (unpaired) electrons. The first kappa shape index (κ1) is 11.1. The molecular formula is C16H15NO. The fourth-order valence-corrected chi connectivity index (χ4v) is 2.47. The van der Waals surface area contributed by atoms with Crippen LogP contribution in [-0.4, -0.2) is 10.8 Å². The van der Waals surface area contributed by atoms with Gasteiger partial charge < -0.3 is 0 Å². The van der Waals surface area contributed by atoms with Crippen LogP contribution in [0.1, 0.15) is 34.0 Å². The Kier molecular flexibility index (Phi) is 2.71. The highest BCUT2D eigenvalue weighted by atomic mass is 16.1. The van der Waals surface area contributed by atoms with Crippen LogP contribution in [0.5, 0.6) is 0 Å². The number of aromatic nitrogens is 1. The number of nitrogens with zero attached hydrogens (tertiary/aromatic N) is 1. The molecule has 0 spiro atoms. The Morgan fingerprint density at radius 3 is 2.72 bits per heavy atom. The van der Waals surface area contributed by atoms with Crippen LogP contribution in [0.4, 0.5) is 0 Å². The maximum atomic E-state index is 12.3. The minimum atomic E-state index is 0.161. The maximum Gasteiger partial charge on any atom is 0.166 e. The lowest BCUT2D eigenvalue weighted by molar-refractivity contribution is 0.0965. The van der Waals surface area contributed by atoms with Gasteiger partial charge in [0.2, 0.25) is 0 Å². The van der Waals surface area contributed by atoms with Gasteiger partial charge in [-0.2, -0.15) is 0 Å². The molecule has 1 heterocycles. The molecule has 18 heavy (non-hydrogen) atoms. The molecule has 1 aliphatic rings. The van der Waals surface area contributed by atoms with Crippen LogP contribution in [0.3, 0.4) is 0 Å². The standard InChI is InChI=1S/C16H15NO/c1-11-9-13(7-8-17-11)16(18)15-10-14(15)12-5-3-2-4-6-12/h2-9,14-15H,10H2,1H3. The van der Waals surface area contributed by atoms with E-state index in [9.17, 15) is 4.79 Å². The summed E-state index contributed by atoms with van der Waals surface area (Å²) in [7, 11) is 0. The largest absolute Gasteiger partial charge is 0.294 e. The number of pyridine rings is 1. The maximum absolute atomic E-state index is 12.3. The zero-order chi connectivity index (χ0) is 12.5. The van der Waals surface area contributed by atoms with E-state index in [2.05, 4.69) is 17.1 Å². The third-order valence-corrected chi connectivity index (χ3v) is 3.54. The molecule has 2 heteroatoms. The van der Waals surface area contributed by atoms with Crippen molar-refractivity contribution in [3.63, 3.8) is 0 Å². The molecule has 2 atom stereocenters. The van der Waals surface area contributed by atoms with Crippen molar-refractivity contribution in [2.75, 3.05) is 0 Å². The number of rotatable bonds is 3. The topological polar surface area (TPSA) is 30.0 Å². The van der Waals surface area contributed by atoms with Crippen LogP contribution in [0.25, 0.3) is 0 Å². The molecular weight excluding hydrogens is 222 g/mol. The van der Waals surface area contributed by atoms with Gasteiger partial charge in [0.15, 0.2) is 5.78 Å². The summed E-state index contributed by atoms with van der Waals surface area (Å²) in [6.45, 7) is 1.92. The fraction of sp³-hybridized carbons (Fsp3) is 0.250. The minimum absolute atomic E-state index is 0.161. The number of ketones is 1. The predicted octanol–water partition coefficient (Wildman–Crippen LogP) is 3.38. The molecule has 1 aromatic heterocycles. The van der Waals surface area contributed by atoms with Crippen molar-refractivity contribution < 1.29 is 4.79 Å². The van der Waals surface area contributed by atoms with Gasteiger partial charge in [0.05, 0.1) is 0 Å². The van der Waals surface area contributed by atoms with Crippen LogP contribution in [0, 0.1) is 12.8 Å². The zero-order valence-corrected chi connectivity index (χ0v) is 10.3. The van der Waals surface area contributed by atoms with E-state index in [1.165, 1.54) is 5.56 Å². The van der Waals surface area contributed by atoms with Crippen LogP contribution in [0.15, 0.2) is 48.7 Å². The third-order valence-electron chi connectivity index (χ3n) is 3.54. The van der Waals surface area contributed by atoms with E-state index in [-0.39, 0.29) is 11.7 Å². The van der Waals surface area contributed by atoms with Crippen molar-refractivity contribution in [2.24, 2.45) is 5.92 Å². The minimum Gasteiger partial charge on any atom is -0.294 e. The van der Waals surface area contributed by atoms with Gasteiger partial charge in [-0.3, -0.25) is 9.78 Å². The average Bonchev–Trinajstić information content (AvgIpc) is 3.19. The van der Waals surface area contributed by atoms with E-state index in [1.807, 2.05) is 37.3 Å². The molecule has 1 saturated carbocycles. The number of hydrogen-bond donors (Lipinski definition) is 0. The molecule has 0 amide bonds. The number of carbonyl (C=O) groups excluding carboxylic acids is 1. The summed E-state index contributed by atoms with van der Waals surface area (Å²) in [5.74, 6) is 0.829. The average molecular weight is 237 g/mol. The molecule has 2 nitrogen and oxygen atoms in total. The van der Waals surface area contributed by atoms with E-state index in [0.29, 0.717) is 5.92 Å². The molecule has 0 N–H and O–H groups in total. The highest BCUT2D eigenvalue weighted by Gasteiger charge is 2.43. The number of aryl methyl sites for hydroxylation is 1. The van der Waals surface area contributed by atoms with Gasteiger partial charge in [-0.1, -0.05) is 30.3 Å². The van der Waals surface area contributed by atoms with Crippen LogP contribution >= 0.6 is 0 Å². The lowest BCUT2D eigenvalue weighted by atomic mass is 10.0. The van der Waals surface area contributed by atoms with Gasteiger partial charge in [0.25, 0.3) is 0 Å². The summed E-state index contributed by atoms with van der Waals surface area (Å²) >= 11 is 0. The first-order valence-corrected chi connectivity index (χ1v) is 6.27. The Bertz CT molecular complexity index is 577. The molecule has 0 saturated heterocycles. The van der Waals surface area contributed by atoms with Crippen molar-refractivity contribution in [3.05, 3.63) is 65.5 Å². The van der Waals surface area contributed by atoms with Gasteiger partial charge in [0, 0.05) is 23.4 Å². The fourth-order valence-electron chi connectivity index (χ4n) is 2.47. The second kappa shape index (κ2) is 4.37. The smallest absolute Gasteiger partial charge is 0.166 e. The number of carbonyl (C=O) groups is 1. The summed E-state index contributed by atoms with van der Waals surface area (Å²) in [5, 5.41) is 0. The normalized spacial score (nSPS) is 21.6. The van der Waals surface area contributed by atoms with E-state index >= 15 is 0 Å². The van der Waals surface area contributed by atoms with Gasteiger partial charge in [-0.05, 0) is 37.0 Å². The van der Waals surface area contributed by atoms with Crippen LogP contribution in [0.2, 0.25) is 0 Å². The molecule has 3 rings (SSSR count). The molecule has 1 aromatic carbocycles. The van der Waals surface area contributed by atoms with Crippen molar-refractivity contribution in [2.45, 2.75) is 19.3 Å². The Hall–Kier alpha value is -1.96. The third kappa shape index (κ3) is 2.06. The highest BCUT2D eigenvalue weighted by molar-refractivity contribution is 6.00. The summed E-state index contributed by atoms with van der Waals surface area (Å²) in [5.41, 5.74) is 2.98. The molecule has 1 fully saturated rings. The first-order valence-electron chi connectivity index (χ1n) is 6.27. The van der Waals surface area contributed by atoms with Gasteiger partial charge >= 0.3 is 0 Å². The van der Waals surface area contributed by atoms with E-state index in [1.54, 1.807) is 6.20 Å². The lowest BCUT2D eigenvalue weighted by Crippen LogP contribution is -2.03. The molecule has 1 aliphatic carbocycles. The molecule has 2 unspecified atom stereocenters. The summed E-state index contributed by atoms with van der Waals surface area (Å²) in [6.07, 6.45) is 2.69. The summed E-state index contributed by atoms with van der Waals surface area (Å²) in [4.78, 5) is 16.4. The van der Waals surface area contributed by atoms with E-state index in [0.717, 1.165) is 17.7 Å². The Morgan fingerprint density at radius 2 is 2.00 bits per heavy atom. The molecule has 2 aromatic rings. The Labute approximate surface area is 107 Å². The van der Waals surface area contributed by atoms with Crippen LogP contribution in [-0.2, 0) is 0 Å². The van der Waals surface area contributed by atoms with Crippen molar-refractivity contribution in [3.8, 4) is 0 Å². The second-order valence-electron chi connectivity index (χ2n) is 4.91. The second-order valence-corrected chi connectivity index (χ2v) is 4.91. The number of benzene rings is 1. The van der Waals surface area contributed by atoms with Crippen molar-refractivity contribution >= 4 is 5.78 Å². The SMILES string of the molecule is Cc1cc(C(=O)C2CC2c2ccccc2)ccn1. The summed E-state index contributed by atoms with van der Waals surface area (Å²) < 4.78 is 0. The van der Waals surface area contributed by atoms with Crippen molar-refractivity contribution in [1.29, 1.82) is 0 Å². The summed E-state index contributed by atoms with van der Waals surface area (Å²) in [6, 6.07) is 14.0. The Morgan fingerprint density at radius 1 is 1.22 bits per heavy atom. The van der Waals surface area contributed by atoms with Gasteiger partial charge in [0.1, 0.15) is 0 Å². The van der Waals surface area contributed by atoms with Gasteiger partial charge in [-0.15, -0.1) is 0 Å². The highest BCUT2D eigenvalue weighted by Crippen LogP contribution is 2.49. The number of Topliss-reactive ketones (excluding diaryl/α,β-unsaturated/α-hetero) is 1. The molecule has 0 bridgehead atoms. The van der Waals surface area contributed by atoms with E-state index < -0.39 is 0 Å². The van der Waals surface area contributed by atoms with Gasteiger partial charge in [-0.25, -0.2) is 0 Å². The zero-order valence-electron chi connectivity index (χ0n) is 10.3. The quantitative estimate of drug-likeness (QED) is 0.766. The van der Waals surface area contributed by atoms with Crippen molar-refractivity contribution in [1.82, 2.24) is 4.98 Å². The van der Waals surface area contributed by atoms with E-state index in [4.69, 9.17) is 0 Å². The van der Waals surface area contributed by atoms with Crippen LogP contribution < -0.4 is 0 Å². The number of hydrogen-bond acceptors (Lipinski definition) is 2. The Balaban J connectivity index is 1.77.